The van der Waals surface area contributed by atoms with Crippen LogP contribution in [-0.4, -0.2) is 22.9 Å². The highest BCUT2D eigenvalue weighted by Crippen LogP contribution is 2.20. The molecule has 1 amide bonds. The van der Waals surface area contributed by atoms with E-state index in [0.29, 0.717) is 16.3 Å². The molecular weight excluding hydrogens is 348 g/mol. The van der Waals surface area contributed by atoms with Gasteiger partial charge in [0.25, 0.3) is 11.6 Å². The monoisotopic (exact) mass is 362 g/mol. The number of hydrogen-bond donors (Lipinski definition) is 1. The molecule has 1 N–H and O–H groups in total. The number of hydrogen-bond acceptors (Lipinski definition) is 5. The number of carbonyl (C=O) groups is 2. The number of ether oxygens (including phenoxy) is 1. The highest BCUT2D eigenvalue weighted by atomic mass is 35.5. The second kappa shape index (κ2) is 7.76. The molecule has 0 bridgehead atoms. The lowest BCUT2D eigenvalue weighted by atomic mass is 10.1. The number of halogens is 1. The molecule has 130 valence electrons. The van der Waals surface area contributed by atoms with Crippen LogP contribution in [0, 0.1) is 17.0 Å². The Morgan fingerprint density at radius 3 is 2.44 bits per heavy atom. The molecule has 0 spiro atoms. The first-order valence-electron chi connectivity index (χ1n) is 7.30. The van der Waals surface area contributed by atoms with Crippen LogP contribution in [0.2, 0.25) is 5.02 Å². The molecule has 2 aromatic rings. The summed E-state index contributed by atoms with van der Waals surface area (Å²) in [6.07, 6.45) is -1.08. The van der Waals surface area contributed by atoms with Crippen molar-refractivity contribution < 1.29 is 19.2 Å². The summed E-state index contributed by atoms with van der Waals surface area (Å²) >= 11 is 5.76. The Labute approximate surface area is 148 Å². The van der Waals surface area contributed by atoms with E-state index in [4.69, 9.17) is 16.3 Å². The van der Waals surface area contributed by atoms with Crippen molar-refractivity contribution in [2.75, 3.05) is 5.32 Å². The van der Waals surface area contributed by atoms with Gasteiger partial charge < -0.3 is 10.1 Å². The summed E-state index contributed by atoms with van der Waals surface area (Å²) in [6.45, 7) is 2.97. The van der Waals surface area contributed by atoms with Gasteiger partial charge in [0.05, 0.1) is 10.5 Å². The van der Waals surface area contributed by atoms with Gasteiger partial charge in [-0.15, -0.1) is 0 Å². The minimum absolute atomic E-state index is 0.00319. The largest absolute Gasteiger partial charge is 0.449 e. The Morgan fingerprint density at radius 1 is 1.20 bits per heavy atom. The van der Waals surface area contributed by atoms with E-state index in [-0.39, 0.29) is 11.3 Å². The summed E-state index contributed by atoms with van der Waals surface area (Å²) in [4.78, 5) is 34.5. The third kappa shape index (κ3) is 4.77. The van der Waals surface area contributed by atoms with Crippen molar-refractivity contribution in [2.24, 2.45) is 0 Å². The SMILES string of the molecule is Cc1ccc(C(=O)OC(C)C(=O)Nc2ccc(Cl)cc2)cc1[N+](=O)[O-]. The quantitative estimate of drug-likeness (QED) is 0.496. The van der Waals surface area contributed by atoms with E-state index in [0.717, 1.165) is 6.07 Å². The summed E-state index contributed by atoms with van der Waals surface area (Å²) in [5, 5.41) is 14.0. The third-order valence-corrected chi connectivity index (χ3v) is 3.66. The van der Waals surface area contributed by atoms with E-state index in [2.05, 4.69) is 5.32 Å². The fraction of sp³-hybridized carbons (Fsp3) is 0.176. The third-order valence-electron chi connectivity index (χ3n) is 3.41. The van der Waals surface area contributed by atoms with Crippen molar-refractivity contribution >= 4 is 34.9 Å². The molecule has 0 heterocycles. The molecule has 0 saturated carbocycles. The number of carbonyl (C=O) groups excluding carboxylic acids is 2. The topological polar surface area (TPSA) is 98.5 Å². The molecule has 25 heavy (non-hydrogen) atoms. The molecule has 0 radical (unpaired) electrons. The predicted octanol–water partition coefficient (Wildman–Crippen LogP) is 3.74. The van der Waals surface area contributed by atoms with Crippen molar-refractivity contribution in [1.82, 2.24) is 0 Å². The van der Waals surface area contributed by atoms with E-state index in [1.807, 2.05) is 0 Å². The Kier molecular flexibility index (Phi) is 5.71. The molecule has 0 saturated heterocycles. The van der Waals surface area contributed by atoms with Crippen LogP contribution in [0.1, 0.15) is 22.8 Å². The molecule has 0 aliphatic carbocycles. The number of nitrogens with one attached hydrogen (secondary N) is 1. The second-order valence-corrected chi connectivity index (χ2v) is 5.74. The zero-order chi connectivity index (χ0) is 18.6. The van der Waals surface area contributed by atoms with Gasteiger partial charge in [0, 0.05) is 22.3 Å². The van der Waals surface area contributed by atoms with Crippen molar-refractivity contribution in [1.29, 1.82) is 0 Å². The highest BCUT2D eigenvalue weighted by molar-refractivity contribution is 6.30. The minimum atomic E-state index is -1.08. The average Bonchev–Trinajstić information content (AvgIpc) is 2.56. The maximum atomic E-state index is 12.1. The summed E-state index contributed by atoms with van der Waals surface area (Å²) in [6, 6.07) is 10.4. The molecule has 1 unspecified atom stereocenters. The van der Waals surface area contributed by atoms with Crippen LogP contribution in [0.5, 0.6) is 0 Å². The molecular formula is C17H15ClN2O5. The number of nitrogens with zero attached hydrogens (tertiary/aromatic N) is 1. The van der Waals surface area contributed by atoms with Gasteiger partial charge in [0.1, 0.15) is 0 Å². The number of nitro benzene ring substituents is 1. The van der Waals surface area contributed by atoms with Crippen LogP contribution in [0.4, 0.5) is 11.4 Å². The highest BCUT2D eigenvalue weighted by Gasteiger charge is 2.21. The predicted molar refractivity (Wildman–Crippen MR) is 92.8 cm³/mol. The van der Waals surface area contributed by atoms with E-state index in [9.17, 15) is 19.7 Å². The Morgan fingerprint density at radius 2 is 1.84 bits per heavy atom. The van der Waals surface area contributed by atoms with Crippen LogP contribution in [0.15, 0.2) is 42.5 Å². The van der Waals surface area contributed by atoms with E-state index < -0.39 is 22.9 Å². The van der Waals surface area contributed by atoms with Crippen LogP contribution in [-0.2, 0) is 9.53 Å². The lowest BCUT2D eigenvalue weighted by Gasteiger charge is -2.13. The molecule has 2 aromatic carbocycles. The van der Waals surface area contributed by atoms with Crippen molar-refractivity contribution in [3.63, 3.8) is 0 Å². The van der Waals surface area contributed by atoms with Crippen LogP contribution in [0.25, 0.3) is 0 Å². The van der Waals surface area contributed by atoms with Gasteiger partial charge in [-0.3, -0.25) is 14.9 Å². The van der Waals surface area contributed by atoms with E-state index >= 15 is 0 Å². The van der Waals surface area contributed by atoms with Crippen LogP contribution in [0.3, 0.4) is 0 Å². The van der Waals surface area contributed by atoms with E-state index in [1.165, 1.54) is 19.1 Å². The number of anilines is 1. The summed E-state index contributed by atoms with van der Waals surface area (Å²) < 4.78 is 5.07. The summed E-state index contributed by atoms with van der Waals surface area (Å²) in [5.74, 6) is -1.35. The zero-order valence-electron chi connectivity index (χ0n) is 13.5. The van der Waals surface area contributed by atoms with Crippen LogP contribution >= 0.6 is 11.6 Å². The van der Waals surface area contributed by atoms with Crippen molar-refractivity contribution in [3.8, 4) is 0 Å². The molecule has 0 fully saturated rings. The molecule has 7 nitrogen and oxygen atoms in total. The number of nitro groups is 1. The average molecular weight is 363 g/mol. The molecule has 0 aliphatic rings. The maximum absolute atomic E-state index is 12.1. The number of amides is 1. The van der Waals surface area contributed by atoms with Gasteiger partial charge in [-0.25, -0.2) is 4.79 Å². The van der Waals surface area contributed by atoms with Gasteiger partial charge in [0.15, 0.2) is 6.10 Å². The minimum Gasteiger partial charge on any atom is -0.449 e. The van der Waals surface area contributed by atoms with Gasteiger partial charge >= 0.3 is 5.97 Å². The first-order chi connectivity index (χ1) is 11.8. The Bertz CT molecular complexity index is 820. The molecule has 1 atom stereocenters. The van der Waals surface area contributed by atoms with Gasteiger partial charge in [-0.05, 0) is 44.2 Å². The smallest absolute Gasteiger partial charge is 0.339 e. The Balaban J connectivity index is 2.04. The summed E-state index contributed by atoms with van der Waals surface area (Å²) in [5.41, 5.74) is 0.745. The fourth-order valence-corrected chi connectivity index (χ4v) is 2.12. The van der Waals surface area contributed by atoms with Crippen LogP contribution < -0.4 is 5.32 Å². The van der Waals surface area contributed by atoms with Gasteiger partial charge in [0.2, 0.25) is 0 Å². The first-order valence-corrected chi connectivity index (χ1v) is 7.68. The summed E-state index contributed by atoms with van der Waals surface area (Å²) in [7, 11) is 0. The fourth-order valence-electron chi connectivity index (χ4n) is 1.99. The van der Waals surface area contributed by atoms with Gasteiger partial charge in [-0.2, -0.15) is 0 Å². The lowest BCUT2D eigenvalue weighted by molar-refractivity contribution is -0.385. The first kappa shape index (κ1) is 18.4. The number of esters is 1. The van der Waals surface area contributed by atoms with Crippen molar-refractivity contribution in [3.05, 3.63) is 68.7 Å². The van der Waals surface area contributed by atoms with Gasteiger partial charge in [-0.1, -0.05) is 17.7 Å². The second-order valence-electron chi connectivity index (χ2n) is 5.30. The van der Waals surface area contributed by atoms with E-state index in [1.54, 1.807) is 31.2 Å². The standard InChI is InChI=1S/C17H15ClN2O5/c1-10-3-4-12(9-15(10)20(23)24)17(22)25-11(2)16(21)19-14-7-5-13(18)6-8-14/h3-9,11H,1-2H3,(H,19,21). The normalized spacial score (nSPS) is 11.5. The molecule has 0 aromatic heterocycles. The maximum Gasteiger partial charge on any atom is 0.339 e. The van der Waals surface area contributed by atoms with Crippen molar-refractivity contribution in [2.45, 2.75) is 20.0 Å². The lowest BCUT2D eigenvalue weighted by Crippen LogP contribution is -2.30. The molecule has 8 heteroatoms. The Hall–Kier alpha value is -2.93. The number of benzene rings is 2. The molecule has 2 rings (SSSR count). The number of rotatable bonds is 5. The molecule has 0 aliphatic heterocycles. The number of aryl methyl sites for hydroxylation is 1. The zero-order valence-corrected chi connectivity index (χ0v) is 14.2.